The molecule has 0 spiro atoms. The smallest absolute Gasteiger partial charge is 0.462 e. The van der Waals surface area contributed by atoms with E-state index in [2.05, 4.69) is 52.0 Å². The van der Waals surface area contributed by atoms with Crippen molar-refractivity contribution >= 4 is 39.5 Å². The Morgan fingerprint density at radius 2 is 0.469 bits per heavy atom. The zero-order valence-electron chi connectivity index (χ0n) is 63.2. The zero-order valence-corrected chi connectivity index (χ0v) is 65.0. The minimum Gasteiger partial charge on any atom is -0.462 e. The van der Waals surface area contributed by atoms with Crippen molar-refractivity contribution in [3.8, 4) is 0 Å². The van der Waals surface area contributed by atoms with Gasteiger partial charge in [0.15, 0.2) is 12.2 Å². The van der Waals surface area contributed by atoms with Crippen molar-refractivity contribution in [2.75, 3.05) is 39.6 Å². The lowest BCUT2D eigenvalue weighted by atomic mass is 10.0. The van der Waals surface area contributed by atoms with Gasteiger partial charge in [0.1, 0.15) is 19.3 Å². The molecule has 2 unspecified atom stereocenters. The number of phosphoric acid groups is 2. The predicted molar refractivity (Wildman–Crippen MR) is 400 cm³/mol. The van der Waals surface area contributed by atoms with Crippen LogP contribution in [0.3, 0.4) is 0 Å². The molecule has 578 valence electrons. The van der Waals surface area contributed by atoms with Gasteiger partial charge in [0.05, 0.1) is 26.4 Å². The minimum atomic E-state index is -4.96. The molecule has 17 nitrogen and oxygen atoms in total. The van der Waals surface area contributed by atoms with Gasteiger partial charge in [-0.05, 0) is 77.0 Å². The molecule has 0 aromatic rings. The van der Waals surface area contributed by atoms with Crippen molar-refractivity contribution in [2.45, 2.75) is 418 Å². The van der Waals surface area contributed by atoms with E-state index in [1.807, 2.05) is 0 Å². The number of aliphatic hydroxyl groups excluding tert-OH is 1. The van der Waals surface area contributed by atoms with Gasteiger partial charge in [-0.3, -0.25) is 37.3 Å². The van der Waals surface area contributed by atoms with Crippen molar-refractivity contribution in [2.24, 2.45) is 0 Å². The lowest BCUT2D eigenvalue weighted by Crippen LogP contribution is -2.30. The Bertz CT molecular complexity index is 1950. The normalized spacial score (nSPS) is 14.0. The lowest BCUT2D eigenvalue weighted by molar-refractivity contribution is -0.161. The maximum absolute atomic E-state index is 13.1. The zero-order chi connectivity index (χ0) is 71.8. The van der Waals surface area contributed by atoms with Gasteiger partial charge in [0, 0.05) is 25.7 Å². The molecule has 0 aromatic carbocycles. The van der Waals surface area contributed by atoms with Crippen molar-refractivity contribution < 1.29 is 80.2 Å². The summed E-state index contributed by atoms with van der Waals surface area (Å²) in [5, 5.41) is 10.6. The summed E-state index contributed by atoms with van der Waals surface area (Å²) in [5.41, 5.74) is 0. The third-order valence-corrected chi connectivity index (χ3v) is 19.8. The highest BCUT2D eigenvalue weighted by Crippen LogP contribution is 2.45. The summed E-state index contributed by atoms with van der Waals surface area (Å²) >= 11 is 0. The Hall–Kier alpha value is -2.46. The summed E-state index contributed by atoms with van der Waals surface area (Å²) in [6, 6.07) is 0. The van der Waals surface area contributed by atoms with Gasteiger partial charge < -0.3 is 33.8 Å². The number of esters is 4. The number of ether oxygens (including phenoxy) is 4. The molecular formula is C79H150O17P2. The average molecular weight is 1430 g/mol. The Kier molecular flexibility index (Phi) is 71.0. The number of aliphatic hydroxyl groups is 1. The SMILES string of the molecule is CCCCCC/C=C\CCCCCCCCCC(=O)OC[C@H](COP(=O)(O)OC[C@H](O)COP(=O)(O)OC[C@@H](COC(=O)CCCCCCCCC/C=C\CCCCCC)OC(=O)CCCCCCCCCCCCCCCCC)OC(=O)CCCCCCCCCCCCCCC. The average Bonchev–Trinajstić information content (AvgIpc) is 0.959. The first-order chi connectivity index (χ1) is 47.7. The molecule has 0 aromatic heterocycles. The molecule has 0 fully saturated rings. The van der Waals surface area contributed by atoms with E-state index in [1.54, 1.807) is 0 Å². The second kappa shape index (κ2) is 72.9. The molecule has 0 bridgehead atoms. The monoisotopic (exact) mass is 1430 g/mol. The number of phosphoric ester groups is 2. The van der Waals surface area contributed by atoms with Crippen LogP contribution in [0, 0.1) is 0 Å². The first kappa shape index (κ1) is 95.5. The Labute approximate surface area is 599 Å². The van der Waals surface area contributed by atoms with Crippen LogP contribution in [-0.2, 0) is 65.4 Å². The number of carbonyl (C=O) groups is 4. The second-order valence-electron chi connectivity index (χ2n) is 27.7. The minimum absolute atomic E-state index is 0.104. The van der Waals surface area contributed by atoms with Crippen LogP contribution >= 0.6 is 15.6 Å². The molecule has 0 amide bonds. The van der Waals surface area contributed by atoms with Crippen molar-refractivity contribution in [1.82, 2.24) is 0 Å². The van der Waals surface area contributed by atoms with Crippen LogP contribution in [0.4, 0.5) is 0 Å². The fourth-order valence-electron chi connectivity index (χ4n) is 11.7. The second-order valence-corrected chi connectivity index (χ2v) is 30.6. The topological polar surface area (TPSA) is 237 Å². The molecule has 0 heterocycles. The van der Waals surface area contributed by atoms with Gasteiger partial charge in [-0.15, -0.1) is 0 Å². The van der Waals surface area contributed by atoms with Crippen LogP contribution in [0.5, 0.6) is 0 Å². The van der Waals surface area contributed by atoms with Crippen LogP contribution in [-0.4, -0.2) is 96.7 Å². The van der Waals surface area contributed by atoms with E-state index in [0.29, 0.717) is 25.7 Å². The van der Waals surface area contributed by atoms with E-state index < -0.39 is 97.5 Å². The van der Waals surface area contributed by atoms with Crippen molar-refractivity contribution in [1.29, 1.82) is 0 Å². The van der Waals surface area contributed by atoms with E-state index in [1.165, 1.54) is 193 Å². The van der Waals surface area contributed by atoms with E-state index in [4.69, 9.17) is 37.0 Å². The molecule has 0 aliphatic heterocycles. The molecule has 5 atom stereocenters. The summed E-state index contributed by atoms with van der Waals surface area (Å²) in [4.78, 5) is 73.0. The largest absolute Gasteiger partial charge is 0.472 e. The van der Waals surface area contributed by atoms with Gasteiger partial charge in [-0.2, -0.15) is 0 Å². The molecule has 3 N–H and O–H groups in total. The number of hydrogen-bond donors (Lipinski definition) is 3. The lowest BCUT2D eigenvalue weighted by Gasteiger charge is -2.21. The highest BCUT2D eigenvalue weighted by atomic mass is 31.2. The van der Waals surface area contributed by atoms with Crippen LogP contribution in [0.2, 0.25) is 0 Å². The number of rotatable bonds is 78. The van der Waals surface area contributed by atoms with Gasteiger partial charge in [-0.25, -0.2) is 9.13 Å². The first-order valence-corrected chi connectivity index (χ1v) is 43.6. The van der Waals surface area contributed by atoms with Gasteiger partial charge in [0.2, 0.25) is 0 Å². The molecular weight excluding hydrogens is 1280 g/mol. The molecule has 19 heteroatoms. The number of carbonyl (C=O) groups excluding carboxylic acids is 4. The Morgan fingerprint density at radius 1 is 0.276 bits per heavy atom. The summed E-state index contributed by atoms with van der Waals surface area (Å²) in [6.45, 7) is 4.95. The molecule has 0 radical (unpaired) electrons. The third-order valence-electron chi connectivity index (χ3n) is 17.9. The van der Waals surface area contributed by atoms with Crippen LogP contribution < -0.4 is 0 Å². The first-order valence-electron chi connectivity index (χ1n) is 40.6. The number of allylic oxidation sites excluding steroid dienone is 4. The van der Waals surface area contributed by atoms with Gasteiger partial charge in [-0.1, -0.05) is 322 Å². The number of hydrogen-bond acceptors (Lipinski definition) is 15. The Morgan fingerprint density at radius 3 is 0.714 bits per heavy atom. The van der Waals surface area contributed by atoms with Crippen LogP contribution in [0.1, 0.15) is 400 Å². The molecule has 98 heavy (non-hydrogen) atoms. The van der Waals surface area contributed by atoms with E-state index >= 15 is 0 Å². The summed E-state index contributed by atoms with van der Waals surface area (Å²) < 4.78 is 68.6. The van der Waals surface area contributed by atoms with E-state index in [-0.39, 0.29) is 25.7 Å². The van der Waals surface area contributed by atoms with Crippen LogP contribution in [0.25, 0.3) is 0 Å². The predicted octanol–water partition coefficient (Wildman–Crippen LogP) is 23.3. The third kappa shape index (κ3) is 71.9. The molecule has 0 saturated carbocycles. The van der Waals surface area contributed by atoms with Gasteiger partial charge >= 0.3 is 39.5 Å². The van der Waals surface area contributed by atoms with Crippen LogP contribution in [0.15, 0.2) is 24.3 Å². The highest BCUT2D eigenvalue weighted by Gasteiger charge is 2.30. The van der Waals surface area contributed by atoms with Crippen molar-refractivity contribution in [3.05, 3.63) is 24.3 Å². The molecule has 0 rings (SSSR count). The summed E-state index contributed by atoms with van der Waals surface area (Å²) in [5.74, 6) is -2.13. The van der Waals surface area contributed by atoms with Gasteiger partial charge in [0.25, 0.3) is 0 Å². The molecule has 0 aliphatic rings. The quantitative estimate of drug-likeness (QED) is 0.0169. The van der Waals surface area contributed by atoms with Crippen molar-refractivity contribution in [3.63, 3.8) is 0 Å². The maximum atomic E-state index is 13.1. The van der Waals surface area contributed by atoms with E-state index in [0.717, 1.165) is 128 Å². The number of unbranched alkanes of at least 4 members (excludes halogenated alkanes) is 48. The molecule has 0 saturated heterocycles. The Balaban J connectivity index is 5.29. The maximum Gasteiger partial charge on any atom is 0.472 e. The summed E-state index contributed by atoms with van der Waals surface area (Å²) in [7, 11) is -9.92. The highest BCUT2D eigenvalue weighted by molar-refractivity contribution is 7.47. The standard InChI is InChI=1S/C79H150O17P2/c1-5-9-13-17-21-25-29-33-36-40-43-47-51-55-59-63-76(81)89-69-74(95-78(83)65-61-57-53-49-45-39-32-28-24-20-16-12-8-4)71-93-97(85,86)91-67-73(80)68-92-98(87,88)94-72-75(96-79(84)66-62-58-54-50-46-42-38-35-31-27-23-19-15-11-7-3)70-90-77(82)64-60-56-52-48-44-41-37-34-30-26-22-18-14-10-6-2/h25-26,29-30,73-75,80H,5-24,27-28,31-72H2,1-4H3,(H,85,86)(H,87,88)/b29-25-,30-26-/t73-,74+,75+/m0/s1. The fourth-order valence-corrected chi connectivity index (χ4v) is 13.3. The van der Waals surface area contributed by atoms with E-state index in [9.17, 15) is 43.2 Å². The fraction of sp³-hybridized carbons (Fsp3) is 0.899. The summed E-state index contributed by atoms with van der Waals surface area (Å²) in [6.07, 6.45) is 67.1. The molecule has 0 aliphatic carbocycles.